The first kappa shape index (κ1) is 23.9. The van der Waals surface area contributed by atoms with Crippen molar-refractivity contribution in [2.24, 2.45) is 0 Å². The lowest BCUT2D eigenvalue weighted by atomic mass is 10.0. The number of anilines is 2. The van der Waals surface area contributed by atoms with E-state index < -0.39 is 10.0 Å². The highest BCUT2D eigenvalue weighted by Gasteiger charge is 2.22. The van der Waals surface area contributed by atoms with E-state index in [1.165, 1.54) is 34.2 Å². The molecule has 0 unspecified atom stereocenters. The number of aryl methyl sites for hydroxylation is 3. The predicted octanol–water partition coefficient (Wildman–Crippen LogP) is 5.47. The van der Waals surface area contributed by atoms with Gasteiger partial charge in [-0.15, -0.1) is 0 Å². The molecule has 0 aliphatic heterocycles. The van der Waals surface area contributed by atoms with Crippen molar-refractivity contribution in [3.63, 3.8) is 0 Å². The summed E-state index contributed by atoms with van der Waals surface area (Å²) >= 11 is 0. The number of carbonyl (C=O) groups excluding carboxylic acids is 1. The Morgan fingerprint density at radius 1 is 0.972 bits per heavy atom. The smallest absolute Gasteiger partial charge is 0.255 e. The molecule has 36 heavy (non-hydrogen) atoms. The summed E-state index contributed by atoms with van der Waals surface area (Å²) < 4.78 is 32.1. The fraction of sp³-hybridized carbons (Fsp3) is 0.207. The summed E-state index contributed by atoms with van der Waals surface area (Å²) in [6, 6.07) is 22.7. The molecule has 1 N–H and O–H groups in total. The van der Waals surface area contributed by atoms with Gasteiger partial charge in [0.1, 0.15) is 5.75 Å². The van der Waals surface area contributed by atoms with Gasteiger partial charge in [0.25, 0.3) is 5.91 Å². The zero-order valence-electron chi connectivity index (χ0n) is 20.5. The molecule has 0 fully saturated rings. The van der Waals surface area contributed by atoms with Crippen molar-refractivity contribution in [1.82, 2.24) is 0 Å². The van der Waals surface area contributed by atoms with Gasteiger partial charge in [0.05, 0.1) is 25.6 Å². The van der Waals surface area contributed by atoms with Gasteiger partial charge in [0.2, 0.25) is 10.0 Å². The predicted molar refractivity (Wildman–Crippen MR) is 145 cm³/mol. The van der Waals surface area contributed by atoms with E-state index >= 15 is 0 Å². The summed E-state index contributed by atoms with van der Waals surface area (Å²) in [4.78, 5) is 13.0. The molecule has 5 rings (SSSR count). The minimum Gasteiger partial charge on any atom is -0.495 e. The molecule has 1 amide bonds. The molecule has 0 atom stereocenters. The van der Waals surface area contributed by atoms with Crippen LogP contribution in [0.1, 0.15) is 32.6 Å². The molecule has 7 heteroatoms. The van der Waals surface area contributed by atoms with E-state index in [-0.39, 0.29) is 12.5 Å². The lowest BCUT2D eigenvalue weighted by Gasteiger charge is -2.25. The van der Waals surface area contributed by atoms with Crippen molar-refractivity contribution >= 4 is 38.1 Å². The van der Waals surface area contributed by atoms with Crippen LogP contribution in [0.2, 0.25) is 0 Å². The van der Waals surface area contributed by atoms with Crippen molar-refractivity contribution in [2.45, 2.75) is 26.3 Å². The number of methoxy groups -OCH3 is 1. The van der Waals surface area contributed by atoms with Crippen LogP contribution in [-0.4, -0.2) is 27.7 Å². The van der Waals surface area contributed by atoms with Crippen LogP contribution >= 0.6 is 0 Å². The Balaban J connectivity index is 1.38. The number of nitrogens with zero attached hydrogens (tertiary/aromatic N) is 1. The molecule has 0 bridgehead atoms. The van der Waals surface area contributed by atoms with Crippen LogP contribution in [0.5, 0.6) is 5.75 Å². The van der Waals surface area contributed by atoms with Crippen molar-refractivity contribution in [3.05, 3.63) is 101 Å². The average Bonchev–Trinajstić information content (AvgIpc) is 3.28. The van der Waals surface area contributed by atoms with E-state index in [2.05, 4.69) is 17.4 Å². The second-order valence-corrected chi connectivity index (χ2v) is 11.1. The molecule has 0 aromatic heterocycles. The topological polar surface area (TPSA) is 75.7 Å². The quantitative estimate of drug-likeness (QED) is 0.365. The van der Waals surface area contributed by atoms with Crippen molar-refractivity contribution in [3.8, 4) is 5.75 Å². The normalized spacial score (nSPS) is 12.5. The first-order chi connectivity index (χ1) is 17.2. The minimum atomic E-state index is -3.58. The lowest BCUT2D eigenvalue weighted by Crippen LogP contribution is -2.29. The Morgan fingerprint density at radius 3 is 2.39 bits per heavy atom. The van der Waals surface area contributed by atoms with Gasteiger partial charge in [-0.3, -0.25) is 9.10 Å². The van der Waals surface area contributed by atoms with Gasteiger partial charge in [-0.1, -0.05) is 42.5 Å². The van der Waals surface area contributed by atoms with Crippen LogP contribution in [0.15, 0.2) is 72.8 Å². The van der Waals surface area contributed by atoms with E-state index in [1.54, 1.807) is 36.4 Å². The largest absolute Gasteiger partial charge is 0.495 e. The molecule has 0 saturated carbocycles. The highest BCUT2D eigenvalue weighted by atomic mass is 32.2. The zero-order chi connectivity index (χ0) is 25.4. The minimum absolute atomic E-state index is 0.120. The Bertz CT molecular complexity index is 1570. The van der Waals surface area contributed by atoms with Gasteiger partial charge < -0.3 is 10.1 Å². The molecule has 0 spiro atoms. The molecular weight excluding hydrogens is 472 g/mol. The SMILES string of the molecule is COc1ccc(C)cc1N(Cc1ccc(C(=O)Nc2ccc3c4c(cccc24)CC3)cc1)S(C)(=O)=O. The Labute approximate surface area is 211 Å². The van der Waals surface area contributed by atoms with Gasteiger partial charge in [-0.05, 0) is 77.7 Å². The molecule has 0 heterocycles. The average molecular weight is 501 g/mol. The molecule has 0 saturated heterocycles. The van der Waals surface area contributed by atoms with E-state index in [0.29, 0.717) is 17.0 Å². The van der Waals surface area contributed by atoms with Crippen molar-refractivity contribution in [1.29, 1.82) is 0 Å². The first-order valence-electron chi connectivity index (χ1n) is 11.8. The highest BCUT2D eigenvalue weighted by Crippen LogP contribution is 2.35. The number of carbonyl (C=O) groups is 1. The van der Waals surface area contributed by atoms with Crippen LogP contribution in [0.3, 0.4) is 0 Å². The monoisotopic (exact) mass is 500 g/mol. The standard InChI is InChI=1S/C29H28N2O4S/c1-19-7-16-27(35-2)26(17-19)31(36(3,33)34)18-20-8-10-23(11-9-20)29(32)30-25-15-14-22-13-12-21-5-4-6-24(25)28(21)22/h4-11,14-17H,12-13,18H2,1-3H3,(H,30,32). The van der Waals surface area contributed by atoms with Crippen LogP contribution < -0.4 is 14.4 Å². The van der Waals surface area contributed by atoms with Gasteiger partial charge in [0.15, 0.2) is 0 Å². The van der Waals surface area contributed by atoms with Crippen molar-refractivity contribution < 1.29 is 17.9 Å². The van der Waals surface area contributed by atoms with Gasteiger partial charge in [0, 0.05) is 16.6 Å². The summed E-state index contributed by atoms with van der Waals surface area (Å²) in [6.07, 6.45) is 3.24. The Kier molecular flexibility index (Phi) is 6.18. The summed E-state index contributed by atoms with van der Waals surface area (Å²) in [7, 11) is -2.06. The summed E-state index contributed by atoms with van der Waals surface area (Å²) in [5, 5.41) is 5.36. The van der Waals surface area contributed by atoms with E-state index in [4.69, 9.17) is 4.74 Å². The summed E-state index contributed by atoms with van der Waals surface area (Å²) in [6.45, 7) is 2.02. The van der Waals surface area contributed by atoms with E-state index in [1.807, 2.05) is 31.2 Å². The van der Waals surface area contributed by atoms with Crippen LogP contribution in [0.25, 0.3) is 10.8 Å². The fourth-order valence-corrected chi connectivity index (χ4v) is 5.74. The zero-order valence-corrected chi connectivity index (χ0v) is 21.4. The van der Waals surface area contributed by atoms with Gasteiger partial charge >= 0.3 is 0 Å². The number of nitrogens with one attached hydrogen (secondary N) is 1. The molecule has 4 aromatic rings. The maximum atomic E-state index is 13.0. The number of rotatable bonds is 7. The number of ether oxygens (including phenoxy) is 1. The van der Waals surface area contributed by atoms with Gasteiger partial charge in [-0.25, -0.2) is 8.42 Å². The lowest BCUT2D eigenvalue weighted by molar-refractivity contribution is 0.102. The van der Waals surface area contributed by atoms with Crippen LogP contribution in [-0.2, 0) is 29.4 Å². The number of hydrogen-bond acceptors (Lipinski definition) is 4. The third-order valence-electron chi connectivity index (χ3n) is 6.67. The molecular formula is C29H28N2O4S. The fourth-order valence-electron chi connectivity index (χ4n) is 4.85. The Morgan fingerprint density at radius 2 is 1.69 bits per heavy atom. The number of amides is 1. The van der Waals surface area contributed by atoms with Crippen molar-refractivity contribution in [2.75, 3.05) is 23.0 Å². The Hall–Kier alpha value is -3.84. The second-order valence-electron chi connectivity index (χ2n) is 9.21. The maximum absolute atomic E-state index is 13.0. The number of sulfonamides is 1. The molecule has 1 aliphatic rings. The maximum Gasteiger partial charge on any atom is 0.255 e. The second kappa shape index (κ2) is 9.32. The molecule has 4 aromatic carbocycles. The molecule has 184 valence electrons. The van der Waals surface area contributed by atoms with Crippen LogP contribution in [0.4, 0.5) is 11.4 Å². The third-order valence-corrected chi connectivity index (χ3v) is 7.80. The molecule has 0 radical (unpaired) electrons. The van der Waals surface area contributed by atoms with Crippen LogP contribution in [0, 0.1) is 6.92 Å². The highest BCUT2D eigenvalue weighted by molar-refractivity contribution is 7.92. The number of hydrogen-bond donors (Lipinski definition) is 1. The summed E-state index contributed by atoms with van der Waals surface area (Å²) in [5.41, 5.74) is 6.10. The molecule has 1 aliphatic carbocycles. The third kappa shape index (κ3) is 4.54. The molecule has 6 nitrogen and oxygen atoms in total. The first-order valence-corrected chi connectivity index (χ1v) is 13.7. The van der Waals surface area contributed by atoms with E-state index in [0.717, 1.165) is 35.0 Å². The number of benzene rings is 4. The summed E-state index contributed by atoms with van der Waals surface area (Å²) in [5.74, 6) is 0.271. The van der Waals surface area contributed by atoms with Gasteiger partial charge in [-0.2, -0.15) is 0 Å². The van der Waals surface area contributed by atoms with E-state index in [9.17, 15) is 13.2 Å².